The predicted molar refractivity (Wildman–Crippen MR) is 306 cm³/mol. The Bertz CT molecular complexity index is 1750. The number of aliphatic hydroxyl groups is 11. The number of allylic oxidation sites excluding steroid dienone is 1. The molecule has 0 saturated carbocycles. The number of aliphatic hydroxyl groups excluding tert-OH is 11. The molecule has 3 saturated heterocycles. The van der Waals surface area contributed by atoms with E-state index < -0.39 is 155 Å². The summed E-state index contributed by atoms with van der Waals surface area (Å²) in [5.74, 6) is -6.14. The minimum absolute atomic E-state index is 0.204. The van der Waals surface area contributed by atoms with Gasteiger partial charge in [-0.1, -0.05) is 187 Å². The van der Waals surface area contributed by atoms with Gasteiger partial charge in [0.25, 0.3) is 5.79 Å². The van der Waals surface area contributed by atoms with Crippen LogP contribution in [0.5, 0.6) is 0 Å². The lowest BCUT2D eigenvalue weighted by Crippen LogP contribution is -2.70. The number of carbonyl (C=O) groups is 3. The van der Waals surface area contributed by atoms with Gasteiger partial charge in [-0.3, -0.25) is 9.59 Å². The average Bonchev–Trinajstić information content (AvgIpc) is 3.16. The zero-order valence-electron chi connectivity index (χ0n) is 50.1. The van der Waals surface area contributed by atoms with Crippen molar-refractivity contribution < 1.29 is 104 Å². The summed E-state index contributed by atoms with van der Waals surface area (Å²) in [6.07, 6.45) is 7.11. The molecule has 0 radical (unpaired) electrons. The molecule has 0 spiro atoms. The summed E-state index contributed by atoms with van der Waals surface area (Å²) in [4.78, 5) is 38.4. The summed E-state index contributed by atoms with van der Waals surface area (Å²) >= 11 is 0. The Morgan fingerprint density at radius 2 is 1.12 bits per heavy atom. The number of hydrogen-bond donors (Lipinski definition) is 14. The molecule has 0 aliphatic carbocycles. The molecule has 486 valence electrons. The monoisotopic (exact) mass is 1190 g/mol. The van der Waals surface area contributed by atoms with Gasteiger partial charge in [0.2, 0.25) is 11.8 Å². The molecule has 3 rings (SSSR count). The van der Waals surface area contributed by atoms with Crippen LogP contribution < -0.4 is 10.6 Å². The Kier molecular flexibility index (Phi) is 38.1. The van der Waals surface area contributed by atoms with Crippen LogP contribution in [0.2, 0.25) is 0 Å². The lowest BCUT2D eigenvalue weighted by Gasteiger charge is -2.50. The van der Waals surface area contributed by atoms with Crippen LogP contribution in [0.1, 0.15) is 213 Å². The molecule has 14 N–H and O–H groups in total. The third-order valence-corrected chi connectivity index (χ3v) is 16.2. The highest BCUT2D eigenvalue weighted by atomic mass is 16.8. The first kappa shape index (κ1) is 74.7. The Labute approximate surface area is 492 Å². The number of carbonyl (C=O) groups excluding carboxylic acids is 2. The molecule has 3 fully saturated rings. The number of ether oxygens (including phenoxy) is 6. The van der Waals surface area contributed by atoms with E-state index in [0.717, 1.165) is 51.9 Å². The zero-order valence-corrected chi connectivity index (χ0v) is 50.1. The van der Waals surface area contributed by atoms with Gasteiger partial charge in [-0.15, -0.1) is 0 Å². The van der Waals surface area contributed by atoms with E-state index in [0.29, 0.717) is 12.8 Å². The summed E-state index contributed by atoms with van der Waals surface area (Å²) in [5, 5.41) is 135. The summed E-state index contributed by atoms with van der Waals surface area (Å²) < 4.78 is 34.7. The smallest absolute Gasteiger partial charge is 0.364 e. The Morgan fingerprint density at radius 1 is 0.627 bits per heavy atom. The summed E-state index contributed by atoms with van der Waals surface area (Å²) in [5.41, 5.74) is 0. The number of carboxylic acids is 1. The van der Waals surface area contributed by atoms with Gasteiger partial charge in [-0.2, -0.15) is 0 Å². The lowest BCUT2D eigenvalue weighted by atomic mass is 9.88. The fourth-order valence-electron chi connectivity index (χ4n) is 11.1. The summed E-state index contributed by atoms with van der Waals surface area (Å²) in [6, 6.07) is -2.61. The topological polar surface area (TPSA) is 373 Å². The number of carboxylic acid groups (broad SMARTS) is 1. The van der Waals surface area contributed by atoms with Crippen LogP contribution in [0.4, 0.5) is 0 Å². The molecule has 18 atom stereocenters. The SMILES string of the molecule is CCCCCCCCCCC/C=C/C(O)C(COC1OC(CO)C(OC2OC(CO)C(O)C(OC3(C(=O)O)CC(O)C(NC(C)=O)C(C(O)C(O)CO)O3)C2O)C(O)C1O)NC(=O)CCCCCCCCCCCCCCCCCCCC. The van der Waals surface area contributed by atoms with Crippen LogP contribution in [0, 0.1) is 0 Å². The van der Waals surface area contributed by atoms with Crippen molar-refractivity contribution in [2.24, 2.45) is 0 Å². The highest BCUT2D eigenvalue weighted by Gasteiger charge is 2.60. The van der Waals surface area contributed by atoms with E-state index in [1.54, 1.807) is 6.08 Å². The molecule has 0 aromatic heterocycles. The number of unbranched alkanes of at least 4 members (excludes halogenated alkanes) is 26. The maximum Gasteiger partial charge on any atom is 0.364 e. The van der Waals surface area contributed by atoms with Crippen LogP contribution in [-0.2, 0) is 42.8 Å². The molecule has 83 heavy (non-hydrogen) atoms. The number of amides is 2. The standard InChI is InChI=1S/C60H110N2O21/c1-4-6-8-10-12-14-16-17-18-19-20-21-22-24-26-28-30-32-34-47(70)62-41(42(67)33-31-29-27-25-23-15-13-11-9-7-5-2)39-78-57-52(74)51(73)54(46(38-65)80-57)81-58-53(75)56(50(72)45(37-64)79-58)83-60(59(76)77)35-43(68)48(61-40(3)66)55(82-60)49(71)44(69)36-63/h31,33,41-46,48-58,63-65,67-69,71-75H,4-30,32,34-39H2,1-3H3,(H,61,66)(H,62,70)(H,76,77)/b33-31+. The van der Waals surface area contributed by atoms with Crippen molar-refractivity contribution in [2.45, 2.75) is 323 Å². The molecule has 3 aliphatic rings. The van der Waals surface area contributed by atoms with Gasteiger partial charge < -0.3 is 100 Å². The van der Waals surface area contributed by atoms with Gasteiger partial charge in [0.15, 0.2) is 12.6 Å². The molecule has 0 aromatic rings. The Morgan fingerprint density at radius 3 is 1.60 bits per heavy atom. The van der Waals surface area contributed by atoms with Crippen molar-refractivity contribution in [3.63, 3.8) is 0 Å². The minimum atomic E-state index is -3.08. The van der Waals surface area contributed by atoms with Crippen molar-refractivity contribution in [2.75, 3.05) is 26.4 Å². The molecule has 23 nitrogen and oxygen atoms in total. The lowest BCUT2D eigenvalue weighted by molar-refractivity contribution is -0.386. The third kappa shape index (κ3) is 26.4. The van der Waals surface area contributed by atoms with Gasteiger partial charge in [0.05, 0.1) is 50.7 Å². The minimum Gasteiger partial charge on any atom is -0.477 e. The fourth-order valence-corrected chi connectivity index (χ4v) is 11.1. The summed E-state index contributed by atoms with van der Waals surface area (Å²) in [7, 11) is 0. The van der Waals surface area contributed by atoms with E-state index in [-0.39, 0.29) is 12.3 Å². The molecule has 0 aromatic carbocycles. The van der Waals surface area contributed by atoms with Gasteiger partial charge in [-0.25, -0.2) is 4.79 Å². The maximum absolute atomic E-state index is 13.4. The van der Waals surface area contributed by atoms with Crippen LogP contribution >= 0.6 is 0 Å². The zero-order chi connectivity index (χ0) is 61.2. The largest absolute Gasteiger partial charge is 0.477 e. The van der Waals surface area contributed by atoms with Crippen molar-refractivity contribution in [3.8, 4) is 0 Å². The fraction of sp³-hybridized carbons (Fsp3) is 0.917. The molecular weight excluding hydrogens is 1080 g/mol. The van der Waals surface area contributed by atoms with E-state index in [2.05, 4.69) is 24.5 Å². The van der Waals surface area contributed by atoms with E-state index in [9.17, 15) is 75.7 Å². The first-order chi connectivity index (χ1) is 39.9. The van der Waals surface area contributed by atoms with Crippen LogP contribution in [0.25, 0.3) is 0 Å². The molecule has 3 heterocycles. The predicted octanol–water partition coefficient (Wildman–Crippen LogP) is 3.56. The van der Waals surface area contributed by atoms with Crippen molar-refractivity contribution in [3.05, 3.63) is 12.2 Å². The molecular formula is C60H110N2O21. The Balaban J connectivity index is 1.63. The number of rotatable bonds is 46. The van der Waals surface area contributed by atoms with Gasteiger partial charge in [0.1, 0.15) is 67.1 Å². The maximum atomic E-state index is 13.4. The normalized spacial score (nSPS) is 30.0. The molecule has 18 unspecified atom stereocenters. The van der Waals surface area contributed by atoms with Crippen molar-refractivity contribution in [1.82, 2.24) is 10.6 Å². The van der Waals surface area contributed by atoms with E-state index in [4.69, 9.17) is 28.4 Å². The molecule has 23 heteroatoms. The Hall–Kier alpha value is -2.53. The number of aliphatic carboxylic acids is 1. The quantitative estimate of drug-likeness (QED) is 0.0306. The third-order valence-electron chi connectivity index (χ3n) is 16.2. The number of nitrogens with one attached hydrogen (secondary N) is 2. The van der Waals surface area contributed by atoms with Gasteiger partial charge >= 0.3 is 5.97 Å². The van der Waals surface area contributed by atoms with E-state index >= 15 is 0 Å². The van der Waals surface area contributed by atoms with Crippen LogP contribution in [-0.4, -0.2) is 215 Å². The van der Waals surface area contributed by atoms with Crippen molar-refractivity contribution in [1.29, 1.82) is 0 Å². The second kappa shape index (κ2) is 42.4. The highest BCUT2D eigenvalue weighted by Crippen LogP contribution is 2.38. The van der Waals surface area contributed by atoms with E-state index in [1.165, 1.54) is 122 Å². The molecule has 3 aliphatic heterocycles. The van der Waals surface area contributed by atoms with Crippen molar-refractivity contribution >= 4 is 17.8 Å². The molecule has 0 bridgehead atoms. The second-order valence-corrected chi connectivity index (χ2v) is 23.3. The first-order valence-electron chi connectivity index (χ1n) is 31.6. The van der Waals surface area contributed by atoms with Gasteiger partial charge in [-0.05, 0) is 19.3 Å². The highest BCUT2D eigenvalue weighted by molar-refractivity contribution is 5.77. The molecule has 2 amide bonds. The second-order valence-electron chi connectivity index (χ2n) is 23.3. The van der Waals surface area contributed by atoms with Crippen LogP contribution in [0.3, 0.4) is 0 Å². The van der Waals surface area contributed by atoms with E-state index in [1.807, 2.05) is 6.08 Å². The van der Waals surface area contributed by atoms with Gasteiger partial charge in [0, 0.05) is 19.8 Å². The first-order valence-corrected chi connectivity index (χ1v) is 31.6. The summed E-state index contributed by atoms with van der Waals surface area (Å²) in [6.45, 7) is 2.10. The number of hydrogen-bond acceptors (Lipinski definition) is 20. The van der Waals surface area contributed by atoms with Crippen LogP contribution in [0.15, 0.2) is 12.2 Å². The average molecular weight is 1200 g/mol.